The number of nitrogens with zero attached hydrogens (tertiary/aromatic N) is 1. The molecule has 1 saturated heterocycles. The Balaban J connectivity index is 1.35. The van der Waals surface area contributed by atoms with Crippen molar-refractivity contribution in [3.63, 3.8) is 0 Å². The largest absolute Gasteiger partial charge is 0.457 e. The Labute approximate surface area is 245 Å². The van der Waals surface area contributed by atoms with E-state index in [4.69, 9.17) is 0 Å². The van der Waals surface area contributed by atoms with Gasteiger partial charge in [0, 0.05) is 55.8 Å². The van der Waals surface area contributed by atoms with E-state index in [0.29, 0.717) is 31.3 Å². The minimum absolute atomic E-state index is 0.00387. The zero-order valence-corrected chi connectivity index (χ0v) is 24.2. The SMILES string of the molecule is C[C@]12C[C@H](c3ccc(N4CCCCC4)cc3)C3=C4CCC(=O)C=C4C(F)C[C@H]3[C@@H]1CC[C@@H]2C(=O)CCC#CC(F)(F)F. The number of carbonyl (C=O) groups excluding carboxylic acids is 2. The molecule has 0 N–H and O–H groups in total. The maximum atomic E-state index is 15.8. The molecule has 3 nitrogen and oxygen atoms in total. The highest BCUT2D eigenvalue weighted by Gasteiger charge is 2.58. The van der Waals surface area contributed by atoms with Crippen molar-refractivity contribution in [2.75, 3.05) is 18.0 Å². The van der Waals surface area contributed by atoms with Crippen LogP contribution in [0.5, 0.6) is 0 Å². The summed E-state index contributed by atoms with van der Waals surface area (Å²) in [5.74, 6) is 3.19. The van der Waals surface area contributed by atoms with Crippen LogP contribution in [0.1, 0.15) is 89.0 Å². The molecule has 0 aromatic heterocycles. The summed E-state index contributed by atoms with van der Waals surface area (Å²) < 4.78 is 53.3. The third-order valence-corrected chi connectivity index (χ3v) is 10.9. The van der Waals surface area contributed by atoms with Crippen molar-refractivity contribution < 1.29 is 27.2 Å². The first-order valence-corrected chi connectivity index (χ1v) is 15.6. The second-order valence-corrected chi connectivity index (χ2v) is 13.2. The molecule has 4 aliphatic carbocycles. The molecule has 0 amide bonds. The number of ketones is 2. The second-order valence-electron chi connectivity index (χ2n) is 13.2. The molecule has 42 heavy (non-hydrogen) atoms. The van der Waals surface area contributed by atoms with E-state index in [0.717, 1.165) is 37.1 Å². The number of allylic oxidation sites excluding steroid dienone is 4. The van der Waals surface area contributed by atoms with Gasteiger partial charge in [-0.3, -0.25) is 9.59 Å². The molecule has 2 saturated carbocycles. The molecule has 1 aromatic carbocycles. The Bertz CT molecular complexity index is 1360. The van der Waals surface area contributed by atoms with Crippen LogP contribution in [0.2, 0.25) is 0 Å². The van der Waals surface area contributed by atoms with Crippen LogP contribution in [-0.2, 0) is 9.59 Å². The van der Waals surface area contributed by atoms with Crippen molar-refractivity contribution in [1.29, 1.82) is 0 Å². The van der Waals surface area contributed by atoms with E-state index < -0.39 is 12.3 Å². The molecule has 224 valence electrons. The van der Waals surface area contributed by atoms with Crippen LogP contribution in [0.3, 0.4) is 0 Å². The molecule has 1 heterocycles. The highest BCUT2D eigenvalue weighted by atomic mass is 19.4. The molecular formula is C35H39F4NO2. The van der Waals surface area contributed by atoms with Gasteiger partial charge in [0.1, 0.15) is 12.0 Å². The summed E-state index contributed by atoms with van der Waals surface area (Å²) >= 11 is 0. The van der Waals surface area contributed by atoms with Gasteiger partial charge in [-0.2, -0.15) is 13.2 Å². The highest BCUT2D eigenvalue weighted by molar-refractivity contribution is 5.93. The van der Waals surface area contributed by atoms with E-state index in [1.165, 1.54) is 42.5 Å². The number of anilines is 1. The summed E-state index contributed by atoms with van der Waals surface area (Å²) in [6, 6.07) is 8.77. The maximum Gasteiger partial charge on any atom is 0.457 e. The third kappa shape index (κ3) is 5.47. The number of halogens is 4. The molecule has 7 heteroatoms. The number of piperidine rings is 1. The predicted octanol–water partition coefficient (Wildman–Crippen LogP) is 8.06. The Morgan fingerprint density at radius 1 is 1.07 bits per heavy atom. The number of hydrogen-bond acceptors (Lipinski definition) is 3. The minimum Gasteiger partial charge on any atom is -0.372 e. The number of benzene rings is 1. The normalized spacial score (nSPS) is 32.8. The fourth-order valence-electron chi connectivity index (χ4n) is 9.05. The number of alkyl halides is 4. The van der Waals surface area contributed by atoms with Crippen LogP contribution >= 0.6 is 0 Å². The lowest BCUT2D eigenvalue weighted by molar-refractivity contribution is -0.127. The first-order valence-electron chi connectivity index (χ1n) is 15.6. The molecule has 3 fully saturated rings. The molecular weight excluding hydrogens is 542 g/mol. The quantitative estimate of drug-likeness (QED) is 0.261. The van der Waals surface area contributed by atoms with Gasteiger partial charge >= 0.3 is 6.18 Å². The number of rotatable bonds is 5. The van der Waals surface area contributed by atoms with E-state index in [2.05, 4.69) is 42.0 Å². The summed E-state index contributed by atoms with van der Waals surface area (Å²) in [6.45, 7) is 4.27. The fraction of sp³-hybridized carbons (Fsp3) is 0.600. The van der Waals surface area contributed by atoms with Gasteiger partial charge in [-0.25, -0.2) is 4.39 Å². The number of Topliss-reactive ketones (excluding diaryl/α,β-unsaturated/α-hetero) is 1. The van der Waals surface area contributed by atoms with Gasteiger partial charge in [0.15, 0.2) is 5.78 Å². The van der Waals surface area contributed by atoms with Gasteiger partial charge in [-0.15, -0.1) is 0 Å². The molecule has 6 rings (SSSR count). The van der Waals surface area contributed by atoms with Crippen LogP contribution in [0.25, 0.3) is 0 Å². The molecule has 0 bridgehead atoms. The van der Waals surface area contributed by atoms with Gasteiger partial charge in [-0.1, -0.05) is 30.6 Å². The number of hydrogen-bond donors (Lipinski definition) is 0. The van der Waals surface area contributed by atoms with Crippen molar-refractivity contribution in [2.45, 2.75) is 95.8 Å². The maximum absolute atomic E-state index is 15.8. The smallest absolute Gasteiger partial charge is 0.372 e. The van der Waals surface area contributed by atoms with E-state index in [-0.39, 0.29) is 53.5 Å². The molecule has 1 aromatic rings. The lowest BCUT2D eigenvalue weighted by atomic mass is 9.51. The van der Waals surface area contributed by atoms with Crippen LogP contribution in [0, 0.1) is 35.0 Å². The molecule has 0 radical (unpaired) electrons. The number of carbonyl (C=O) groups is 2. The minimum atomic E-state index is -4.56. The standard InChI is InChI=1S/C35H39F4NO2/c1-34-21-28(22-8-10-23(11-9-22)40-17-5-2-6-18-40)33-25-13-12-24(41)19-26(25)31(36)20-27(33)29(34)14-15-30(34)32(42)7-3-4-16-35(37,38)39/h8-11,19,27-31H,2-3,5-7,12-15,17-18,20-21H2,1H3/t27-,28+,29-,30+,31?,34-/m0/s1. The monoisotopic (exact) mass is 581 g/mol. The summed E-state index contributed by atoms with van der Waals surface area (Å²) in [5.41, 5.74) is 4.82. The summed E-state index contributed by atoms with van der Waals surface area (Å²) in [6.07, 6.45) is 2.79. The Kier molecular flexibility index (Phi) is 7.87. The van der Waals surface area contributed by atoms with E-state index >= 15 is 4.39 Å². The lowest BCUT2D eigenvalue weighted by Gasteiger charge is -2.53. The van der Waals surface area contributed by atoms with Gasteiger partial charge in [0.05, 0.1) is 0 Å². The summed E-state index contributed by atoms with van der Waals surface area (Å²) in [5, 5.41) is 0. The van der Waals surface area contributed by atoms with E-state index in [1.807, 2.05) is 0 Å². The highest BCUT2D eigenvalue weighted by Crippen LogP contribution is 2.66. The topological polar surface area (TPSA) is 37.4 Å². The van der Waals surface area contributed by atoms with E-state index in [9.17, 15) is 22.8 Å². The number of fused-ring (bicyclic) bond motifs is 4. The van der Waals surface area contributed by atoms with Crippen LogP contribution in [0.15, 0.2) is 47.1 Å². The van der Waals surface area contributed by atoms with Gasteiger partial charge < -0.3 is 4.90 Å². The Hall–Kier alpha value is -2.88. The Morgan fingerprint density at radius 2 is 1.81 bits per heavy atom. The fourth-order valence-corrected chi connectivity index (χ4v) is 9.05. The van der Waals surface area contributed by atoms with Gasteiger partial charge in [0.25, 0.3) is 0 Å². The van der Waals surface area contributed by atoms with Crippen LogP contribution in [-0.4, -0.2) is 37.0 Å². The zero-order valence-electron chi connectivity index (χ0n) is 24.2. The van der Waals surface area contributed by atoms with Crippen LogP contribution < -0.4 is 4.90 Å². The lowest BCUT2D eigenvalue weighted by Crippen LogP contribution is -2.46. The Morgan fingerprint density at radius 3 is 2.52 bits per heavy atom. The first kappa shape index (κ1) is 29.2. The average molecular weight is 582 g/mol. The zero-order chi connectivity index (χ0) is 29.6. The van der Waals surface area contributed by atoms with Crippen molar-refractivity contribution in [3.05, 3.63) is 52.6 Å². The average Bonchev–Trinajstić information content (AvgIpc) is 3.32. The molecule has 1 aliphatic heterocycles. The van der Waals surface area contributed by atoms with E-state index in [1.54, 1.807) is 0 Å². The van der Waals surface area contributed by atoms with Gasteiger partial charge in [-0.05, 0) is 104 Å². The van der Waals surface area contributed by atoms with Crippen molar-refractivity contribution in [1.82, 2.24) is 0 Å². The molecule has 1 unspecified atom stereocenters. The third-order valence-electron chi connectivity index (χ3n) is 10.9. The first-order chi connectivity index (χ1) is 20.0. The van der Waals surface area contributed by atoms with Gasteiger partial charge in [0.2, 0.25) is 0 Å². The van der Waals surface area contributed by atoms with Crippen molar-refractivity contribution in [2.24, 2.45) is 23.2 Å². The predicted molar refractivity (Wildman–Crippen MR) is 155 cm³/mol. The van der Waals surface area contributed by atoms with Crippen LogP contribution in [0.4, 0.5) is 23.2 Å². The van der Waals surface area contributed by atoms with Crippen molar-refractivity contribution >= 4 is 17.3 Å². The molecule has 5 aliphatic rings. The second kappa shape index (κ2) is 11.3. The molecule has 0 spiro atoms. The summed E-state index contributed by atoms with van der Waals surface area (Å²) in [4.78, 5) is 28.2. The summed E-state index contributed by atoms with van der Waals surface area (Å²) in [7, 11) is 0. The van der Waals surface area contributed by atoms with Crippen molar-refractivity contribution in [3.8, 4) is 11.8 Å². The molecule has 6 atom stereocenters.